The molecule has 302 valence electrons. The summed E-state index contributed by atoms with van der Waals surface area (Å²) in [6.45, 7) is 0. The van der Waals surface area contributed by atoms with Gasteiger partial charge in [-0.25, -0.2) is 14.4 Å². The molecule has 0 saturated heterocycles. The van der Waals surface area contributed by atoms with Crippen LogP contribution in [0.4, 0.5) is 0 Å². The van der Waals surface area contributed by atoms with Gasteiger partial charge < -0.3 is 96.1 Å². The molecular formula is C24H32K3Na3O28. The summed E-state index contributed by atoms with van der Waals surface area (Å²) in [5.74, 6) is -21.0. The number of carboxylic acid groups (broad SMARTS) is 12. The van der Waals surface area contributed by atoms with Crippen molar-refractivity contribution >= 4 is 226 Å². The van der Waals surface area contributed by atoms with Gasteiger partial charge in [-0.1, -0.05) is 0 Å². The Morgan fingerprint density at radius 3 is 0.517 bits per heavy atom. The van der Waals surface area contributed by atoms with Crippen molar-refractivity contribution in [3.63, 3.8) is 0 Å². The van der Waals surface area contributed by atoms with Gasteiger partial charge in [0.15, 0.2) is 16.8 Å². The topological polar surface area (TPSA) is 537 Å². The molecule has 0 heterocycles. The summed E-state index contributed by atoms with van der Waals surface area (Å²) in [5, 5.41) is 140. The number of aliphatic hydroxyl groups is 4. The summed E-state index contributed by atoms with van der Waals surface area (Å²) in [6.07, 6.45) is -9.58. The van der Waals surface area contributed by atoms with Crippen LogP contribution in [0.5, 0.6) is 0 Å². The van der Waals surface area contributed by atoms with E-state index in [9.17, 15) is 72.9 Å². The zero-order chi connectivity index (χ0) is 42.6. The number of hydrogen-bond acceptors (Lipinski definition) is 19. The van der Waals surface area contributed by atoms with Crippen molar-refractivity contribution in [1.82, 2.24) is 0 Å². The fourth-order valence-electron chi connectivity index (χ4n) is 2.83. The van der Waals surface area contributed by atoms with E-state index in [0.717, 1.165) is 0 Å². The molecule has 0 unspecified atom stereocenters. The van der Waals surface area contributed by atoms with Gasteiger partial charge in [-0.05, 0) is 0 Å². The van der Waals surface area contributed by atoms with Gasteiger partial charge in [0.2, 0.25) is 0 Å². The fraction of sp³-hybridized carbons (Fsp3) is 0.500. The second-order valence-corrected chi connectivity index (χ2v) is 9.85. The molecule has 0 spiro atoms. The standard InChI is InChI=1S/4C6H8O7.3K.3Na.3H/c4*7-3(8)1-6(13,5(11)12)2-4(9)10;;;;;;;;;/h4*13H,1-2H2,(H,7,8)(H,9,10)(H,11,12);;;;;;;;;/q;;;;;;;3*+1;;;/p-3. The molecule has 0 aliphatic carbocycles. The normalized spacial score (nSPS) is 9.72. The van der Waals surface area contributed by atoms with Crippen molar-refractivity contribution in [1.29, 1.82) is 0 Å². The Morgan fingerprint density at radius 1 is 0.310 bits per heavy atom. The van der Waals surface area contributed by atoms with Crippen molar-refractivity contribution in [2.45, 2.75) is 73.8 Å². The molecule has 0 aromatic carbocycles. The predicted molar refractivity (Wildman–Crippen MR) is 162 cm³/mol. The quantitative estimate of drug-likeness (QED) is 0.0504. The number of carboxylic acids is 12. The molecule has 0 atom stereocenters. The molecule has 58 heavy (non-hydrogen) atoms. The maximum Gasteiger partial charge on any atom is 1.00 e. The molecule has 0 rings (SSSR count). The minimum Gasteiger partial charge on any atom is 1.00 e. The van der Waals surface area contributed by atoms with Gasteiger partial charge in [-0.3, -0.25) is 28.8 Å². The molecule has 34 heteroatoms. The van der Waals surface area contributed by atoms with Crippen molar-refractivity contribution in [2.75, 3.05) is 0 Å². The van der Waals surface area contributed by atoms with Crippen molar-refractivity contribution in [3.8, 4) is 0 Å². The summed E-state index contributed by atoms with van der Waals surface area (Å²) in [4.78, 5) is 121. The molecule has 0 amide bonds. The van der Waals surface area contributed by atoms with E-state index in [2.05, 4.69) is 0 Å². The number of carbonyl (C=O) groups excluding carboxylic acids is 3. The number of carbonyl (C=O) groups is 12. The van der Waals surface area contributed by atoms with Crippen LogP contribution in [0, 0.1) is 0 Å². The molecule has 0 aromatic rings. The first-order valence-electron chi connectivity index (χ1n) is 12.6. The Labute approximate surface area is 517 Å². The number of rotatable bonds is 20. The summed E-state index contributed by atoms with van der Waals surface area (Å²) in [6, 6.07) is 0. The Morgan fingerprint density at radius 2 is 0.448 bits per heavy atom. The summed E-state index contributed by atoms with van der Waals surface area (Å²) in [7, 11) is 0. The molecule has 0 aliphatic heterocycles. The van der Waals surface area contributed by atoms with Crippen molar-refractivity contribution < 1.29 is 228 Å². The van der Waals surface area contributed by atoms with Gasteiger partial charge in [-0.15, -0.1) is 0 Å². The minimum atomic E-state index is -2.97. The molecule has 0 fully saturated rings. The average Bonchev–Trinajstić information content (AvgIpc) is 2.85. The monoisotopic (exact) mass is 954 g/mol. The van der Waals surface area contributed by atoms with Crippen molar-refractivity contribution in [3.05, 3.63) is 0 Å². The van der Waals surface area contributed by atoms with Gasteiger partial charge in [0.25, 0.3) is 0 Å². The zero-order valence-corrected chi connectivity index (χ0v) is 34.6. The first-order chi connectivity index (χ1) is 23.1. The molecular weight excluding hydrogens is 923 g/mol. The van der Waals surface area contributed by atoms with Crippen LogP contribution < -0.4 is 104 Å². The fourth-order valence-corrected chi connectivity index (χ4v) is 2.83. The van der Waals surface area contributed by atoms with Crippen LogP contribution in [0.1, 0.15) is 51.4 Å². The van der Waals surface area contributed by atoms with Crippen LogP contribution in [-0.4, -0.2) is 315 Å². The first kappa shape index (κ1) is 83.0. The van der Waals surface area contributed by atoms with Crippen LogP contribution in [0.2, 0.25) is 0 Å². The molecule has 0 radical (unpaired) electrons. The first-order valence-corrected chi connectivity index (χ1v) is 12.6. The average molecular weight is 955 g/mol. The second-order valence-electron chi connectivity index (χ2n) is 9.85. The molecule has 0 aromatic heterocycles. The van der Waals surface area contributed by atoms with E-state index in [1.54, 1.807) is 0 Å². The smallest absolute Gasteiger partial charge is 1.00 e. The molecule has 0 aliphatic rings. The SMILES string of the molecule is O=C(O)CC(O)(CC(=O)O)C(=O)O.O=C(O)CC(O)(CC(=O)O)C(=O)O.O=C(O)CC(O)(CC(=O)O)C(=O)O.O=C([O-])CC(O)(CC(=O)[O-])C(=O)[O-].[KH].[KH].[KH].[Na+].[Na+].[Na+]. The van der Waals surface area contributed by atoms with Gasteiger partial charge in [0.1, 0.15) is 5.60 Å². The van der Waals surface area contributed by atoms with E-state index in [0.29, 0.717) is 0 Å². The molecule has 13 N–H and O–H groups in total. The second kappa shape index (κ2) is 39.9. The Kier molecular flexibility index (Phi) is 57.2. The summed E-state index contributed by atoms with van der Waals surface area (Å²) in [5.41, 5.74) is -11.2. The molecule has 28 nitrogen and oxygen atoms in total. The Bertz CT molecular complexity index is 1150. The van der Waals surface area contributed by atoms with Gasteiger partial charge >= 0.3 is 297 Å². The van der Waals surface area contributed by atoms with E-state index in [1.807, 2.05) is 0 Å². The van der Waals surface area contributed by atoms with E-state index >= 15 is 0 Å². The van der Waals surface area contributed by atoms with E-state index < -0.39 is 145 Å². The van der Waals surface area contributed by atoms with Crippen molar-refractivity contribution in [2.24, 2.45) is 0 Å². The van der Waals surface area contributed by atoms with Gasteiger partial charge in [0, 0.05) is 24.8 Å². The van der Waals surface area contributed by atoms with E-state index in [-0.39, 0.29) is 243 Å². The number of hydrogen-bond donors (Lipinski definition) is 13. The third kappa shape index (κ3) is 42.7. The predicted octanol–water partition coefficient (Wildman–Crippen LogP) is -19.9. The largest absolute Gasteiger partial charge is 1.00 e. The Balaban J connectivity index is -0.0000000640. The van der Waals surface area contributed by atoms with E-state index in [4.69, 9.17) is 66.4 Å². The van der Waals surface area contributed by atoms with E-state index in [1.165, 1.54) is 0 Å². The molecule has 0 saturated carbocycles. The minimum absolute atomic E-state index is 0. The van der Waals surface area contributed by atoms with Crippen LogP contribution in [0.15, 0.2) is 0 Å². The maximum atomic E-state index is 10.3. The third-order valence-electron chi connectivity index (χ3n) is 5.11. The molecule has 0 bridgehead atoms. The summed E-state index contributed by atoms with van der Waals surface area (Å²) >= 11 is 0. The van der Waals surface area contributed by atoms with Crippen LogP contribution in [-0.2, 0) is 57.5 Å². The number of aliphatic carboxylic acids is 12. The zero-order valence-electron chi connectivity index (χ0n) is 28.6. The van der Waals surface area contributed by atoms with Crippen LogP contribution >= 0.6 is 0 Å². The van der Waals surface area contributed by atoms with Crippen LogP contribution in [0.25, 0.3) is 0 Å². The summed E-state index contributed by atoms with van der Waals surface area (Å²) < 4.78 is 0. The Hall–Kier alpha value is 1.39. The third-order valence-corrected chi connectivity index (χ3v) is 5.11. The van der Waals surface area contributed by atoms with Gasteiger partial charge in [0.05, 0.1) is 44.5 Å². The maximum absolute atomic E-state index is 10.3. The van der Waals surface area contributed by atoms with Gasteiger partial charge in [-0.2, -0.15) is 0 Å². The van der Waals surface area contributed by atoms with Crippen LogP contribution in [0.3, 0.4) is 0 Å².